The highest BCUT2D eigenvalue weighted by Crippen LogP contribution is 2.47. The normalized spacial score (nSPS) is 20.5. The second-order valence-corrected chi connectivity index (χ2v) is 8.07. The highest BCUT2D eigenvalue weighted by atomic mass is 79.9. The van der Waals surface area contributed by atoms with Gasteiger partial charge in [0.25, 0.3) is 0 Å². The van der Waals surface area contributed by atoms with Crippen molar-refractivity contribution < 1.29 is 4.74 Å². The number of nitrogens with zero attached hydrogens (tertiary/aromatic N) is 2. The lowest BCUT2D eigenvalue weighted by Crippen LogP contribution is -2.33. The van der Waals surface area contributed by atoms with Crippen LogP contribution in [0, 0.1) is 0 Å². The molecule has 0 amide bonds. The van der Waals surface area contributed by atoms with Crippen LogP contribution in [0.5, 0.6) is 5.75 Å². The summed E-state index contributed by atoms with van der Waals surface area (Å²) in [4.78, 5) is 0. The molecule has 0 radical (unpaired) electrons. The summed E-state index contributed by atoms with van der Waals surface area (Å²) in [6.07, 6.45) is 0.585. The summed E-state index contributed by atoms with van der Waals surface area (Å²) >= 11 is 9.57. The number of hydrogen-bond donors (Lipinski definition) is 0. The molecule has 3 aromatic rings. The zero-order valence-corrected chi connectivity index (χ0v) is 16.7. The minimum absolute atomic E-state index is 0.161. The molecule has 5 heteroatoms. The van der Waals surface area contributed by atoms with E-state index in [0.29, 0.717) is 5.02 Å². The monoisotopic (exact) mass is 438 g/mol. The van der Waals surface area contributed by atoms with Crippen LogP contribution in [0.1, 0.15) is 35.4 Å². The predicted molar refractivity (Wildman–Crippen MR) is 111 cm³/mol. The number of halogens is 2. The Balaban J connectivity index is 1.58. The summed E-state index contributed by atoms with van der Waals surface area (Å²) in [5.41, 5.74) is 4.44. The maximum Gasteiger partial charge on any atom is 0.213 e. The predicted octanol–water partition coefficient (Wildman–Crippen LogP) is 6.34. The number of fused-ring (bicyclic) bond motifs is 3. The lowest BCUT2D eigenvalue weighted by Gasteiger charge is -2.38. The Morgan fingerprint density at radius 1 is 0.963 bits per heavy atom. The fourth-order valence-corrected chi connectivity index (χ4v) is 4.09. The van der Waals surface area contributed by atoms with Gasteiger partial charge in [0.2, 0.25) is 6.23 Å². The average Bonchev–Trinajstić information content (AvgIpc) is 3.14. The van der Waals surface area contributed by atoms with Gasteiger partial charge in [0.1, 0.15) is 5.75 Å². The molecule has 2 aliphatic heterocycles. The van der Waals surface area contributed by atoms with Crippen LogP contribution in [-0.2, 0) is 0 Å². The average molecular weight is 440 g/mol. The van der Waals surface area contributed by atoms with Gasteiger partial charge in [0.05, 0.1) is 11.8 Å². The van der Waals surface area contributed by atoms with Crippen molar-refractivity contribution in [2.45, 2.75) is 18.7 Å². The fraction of sp³-hybridized carbons (Fsp3) is 0.136. The quantitative estimate of drug-likeness (QED) is 0.465. The summed E-state index contributed by atoms with van der Waals surface area (Å²) < 4.78 is 7.41. The molecule has 0 aliphatic carbocycles. The molecule has 0 saturated heterocycles. The third kappa shape index (κ3) is 3.03. The molecule has 0 bridgehead atoms. The van der Waals surface area contributed by atoms with Crippen LogP contribution in [0.3, 0.4) is 0 Å². The third-order valence-corrected chi connectivity index (χ3v) is 5.81. The lowest BCUT2D eigenvalue weighted by molar-refractivity contribution is -0.0190. The Morgan fingerprint density at radius 2 is 1.70 bits per heavy atom. The zero-order valence-electron chi connectivity index (χ0n) is 14.3. The van der Waals surface area contributed by atoms with E-state index in [1.165, 1.54) is 5.56 Å². The molecular weight excluding hydrogens is 424 g/mol. The molecular formula is C22H16BrClN2O. The first-order valence-corrected chi connectivity index (χ1v) is 9.99. The van der Waals surface area contributed by atoms with Crippen LogP contribution in [0.15, 0.2) is 82.4 Å². The Morgan fingerprint density at radius 3 is 2.48 bits per heavy atom. The number of hydrazone groups is 1. The van der Waals surface area contributed by atoms with Crippen LogP contribution in [0.2, 0.25) is 5.02 Å². The van der Waals surface area contributed by atoms with Crippen molar-refractivity contribution in [2.75, 3.05) is 0 Å². The molecule has 0 saturated carbocycles. The van der Waals surface area contributed by atoms with Crippen molar-refractivity contribution in [2.24, 2.45) is 5.10 Å². The van der Waals surface area contributed by atoms with Gasteiger partial charge in [-0.3, -0.25) is 0 Å². The Bertz CT molecular complexity index is 1020. The molecule has 134 valence electrons. The highest BCUT2D eigenvalue weighted by molar-refractivity contribution is 9.10. The van der Waals surface area contributed by atoms with Crippen molar-refractivity contribution in [1.82, 2.24) is 5.01 Å². The molecule has 0 fully saturated rings. The van der Waals surface area contributed by atoms with Crippen molar-refractivity contribution in [3.63, 3.8) is 0 Å². The number of rotatable bonds is 2. The SMILES string of the molecule is Clc1ccc(C2Oc3ccccc3C3CC(c4ccc(Br)cc4)=NN32)cc1. The van der Waals surface area contributed by atoms with Gasteiger partial charge in [-0.05, 0) is 35.9 Å². The summed E-state index contributed by atoms with van der Waals surface area (Å²) in [6, 6.07) is 24.5. The first kappa shape index (κ1) is 16.8. The first-order valence-electron chi connectivity index (χ1n) is 8.82. The van der Waals surface area contributed by atoms with Gasteiger partial charge in [-0.1, -0.05) is 70.0 Å². The molecule has 5 rings (SSSR count). The van der Waals surface area contributed by atoms with Crippen LogP contribution in [0.25, 0.3) is 0 Å². The zero-order chi connectivity index (χ0) is 18.4. The van der Waals surface area contributed by atoms with E-state index in [0.717, 1.165) is 33.5 Å². The summed E-state index contributed by atoms with van der Waals surface area (Å²) in [5.74, 6) is 0.922. The molecule has 27 heavy (non-hydrogen) atoms. The molecule has 0 spiro atoms. The van der Waals surface area contributed by atoms with E-state index < -0.39 is 0 Å². The maximum absolute atomic E-state index is 6.34. The Labute approximate surface area is 171 Å². The summed E-state index contributed by atoms with van der Waals surface area (Å²) in [6.45, 7) is 0. The molecule has 2 aliphatic rings. The molecule has 3 nitrogen and oxygen atoms in total. The molecule has 3 aromatic carbocycles. The van der Waals surface area contributed by atoms with Gasteiger partial charge in [-0.15, -0.1) is 0 Å². The van der Waals surface area contributed by atoms with E-state index in [-0.39, 0.29) is 12.3 Å². The van der Waals surface area contributed by atoms with Crippen LogP contribution < -0.4 is 4.74 Å². The lowest BCUT2D eigenvalue weighted by atomic mass is 9.96. The van der Waals surface area contributed by atoms with E-state index in [1.54, 1.807) is 0 Å². The topological polar surface area (TPSA) is 24.8 Å². The minimum Gasteiger partial charge on any atom is -0.464 e. The fourth-order valence-electron chi connectivity index (χ4n) is 3.70. The van der Waals surface area contributed by atoms with E-state index in [2.05, 4.69) is 57.3 Å². The largest absolute Gasteiger partial charge is 0.464 e. The molecule has 2 heterocycles. The van der Waals surface area contributed by atoms with E-state index in [1.807, 2.05) is 36.4 Å². The molecule has 2 unspecified atom stereocenters. The van der Waals surface area contributed by atoms with Crippen molar-refractivity contribution in [3.05, 3.63) is 99.0 Å². The first-order chi connectivity index (χ1) is 13.2. The van der Waals surface area contributed by atoms with Crippen molar-refractivity contribution in [3.8, 4) is 5.75 Å². The van der Waals surface area contributed by atoms with Gasteiger partial charge in [-0.25, -0.2) is 5.01 Å². The number of hydrogen-bond acceptors (Lipinski definition) is 3. The van der Waals surface area contributed by atoms with Crippen LogP contribution in [-0.4, -0.2) is 10.7 Å². The van der Waals surface area contributed by atoms with E-state index in [9.17, 15) is 0 Å². The standard InChI is InChI=1S/C22H16BrClN2O/c23-16-9-5-14(6-10-16)19-13-20-18-3-1-2-4-21(18)27-22(26(20)25-19)15-7-11-17(24)12-8-15/h1-12,20,22H,13H2. The van der Waals surface area contributed by atoms with Crippen molar-refractivity contribution >= 4 is 33.2 Å². The van der Waals surface area contributed by atoms with E-state index >= 15 is 0 Å². The number of para-hydroxylation sites is 1. The minimum atomic E-state index is -0.268. The number of ether oxygens (including phenoxy) is 1. The Kier molecular flexibility index (Phi) is 4.18. The smallest absolute Gasteiger partial charge is 0.213 e. The van der Waals surface area contributed by atoms with Gasteiger partial charge in [-0.2, -0.15) is 5.10 Å². The van der Waals surface area contributed by atoms with Gasteiger partial charge >= 0.3 is 0 Å². The summed E-state index contributed by atoms with van der Waals surface area (Å²) in [7, 11) is 0. The second-order valence-electron chi connectivity index (χ2n) is 6.71. The van der Waals surface area contributed by atoms with Crippen molar-refractivity contribution in [1.29, 1.82) is 0 Å². The summed E-state index contributed by atoms with van der Waals surface area (Å²) in [5, 5.41) is 7.77. The van der Waals surface area contributed by atoms with Crippen LogP contribution >= 0.6 is 27.5 Å². The number of benzene rings is 3. The van der Waals surface area contributed by atoms with Gasteiger partial charge in [0, 0.05) is 27.0 Å². The molecule has 2 atom stereocenters. The second kappa shape index (κ2) is 6.70. The third-order valence-electron chi connectivity index (χ3n) is 5.03. The highest BCUT2D eigenvalue weighted by Gasteiger charge is 2.40. The maximum atomic E-state index is 6.34. The molecule has 0 N–H and O–H groups in total. The van der Waals surface area contributed by atoms with Gasteiger partial charge < -0.3 is 4.74 Å². The van der Waals surface area contributed by atoms with E-state index in [4.69, 9.17) is 21.4 Å². The Hall–Kier alpha value is -2.30. The molecule has 0 aromatic heterocycles. The van der Waals surface area contributed by atoms with Gasteiger partial charge in [0.15, 0.2) is 0 Å². The van der Waals surface area contributed by atoms with Crippen LogP contribution in [0.4, 0.5) is 0 Å².